The van der Waals surface area contributed by atoms with Gasteiger partial charge in [0.15, 0.2) is 0 Å². The molecule has 2 aromatic rings. The van der Waals surface area contributed by atoms with Gasteiger partial charge in [0.25, 0.3) is 5.91 Å². The largest absolute Gasteiger partial charge is 0.396 e. The summed E-state index contributed by atoms with van der Waals surface area (Å²) in [4.78, 5) is 16.4. The van der Waals surface area contributed by atoms with Crippen LogP contribution < -0.4 is 10.6 Å². The number of halogens is 1. The van der Waals surface area contributed by atoms with Crippen LogP contribution in [0.4, 0.5) is 11.5 Å². The highest BCUT2D eigenvalue weighted by Gasteiger charge is 2.09. The zero-order chi connectivity index (χ0) is 16.7. The predicted molar refractivity (Wildman–Crippen MR) is 93.0 cm³/mol. The summed E-state index contributed by atoms with van der Waals surface area (Å²) in [6.45, 7) is 2.17. The van der Waals surface area contributed by atoms with Gasteiger partial charge in [-0.2, -0.15) is 0 Å². The number of hydrogen-bond acceptors (Lipinski definition) is 4. The summed E-state index contributed by atoms with van der Waals surface area (Å²) in [6.07, 6.45) is 3.07. The number of carbonyl (C=O) groups excluding carboxylic acids is 1. The van der Waals surface area contributed by atoms with E-state index in [1.807, 2.05) is 6.92 Å². The van der Waals surface area contributed by atoms with Crippen molar-refractivity contribution in [3.05, 3.63) is 53.2 Å². The van der Waals surface area contributed by atoms with Gasteiger partial charge in [-0.05, 0) is 43.2 Å². The Bertz CT molecular complexity index is 647. The van der Waals surface area contributed by atoms with Crippen molar-refractivity contribution in [2.45, 2.75) is 25.8 Å². The molecule has 23 heavy (non-hydrogen) atoms. The van der Waals surface area contributed by atoms with Gasteiger partial charge in [0.05, 0.1) is 5.56 Å². The lowest BCUT2D eigenvalue weighted by molar-refractivity contribution is 0.102. The smallest absolute Gasteiger partial charge is 0.257 e. The average molecular weight is 334 g/mol. The highest BCUT2D eigenvalue weighted by Crippen LogP contribution is 2.16. The second-order valence-electron chi connectivity index (χ2n) is 5.16. The quantitative estimate of drug-likeness (QED) is 0.724. The first-order chi connectivity index (χ1) is 11.1. The zero-order valence-electron chi connectivity index (χ0n) is 12.9. The number of aliphatic hydroxyl groups is 1. The first kappa shape index (κ1) is 17.2. The van der Waals surface area contributed by atoms with E-state index in [0.29, 0.717) is 28.5 Å². The Kier molecular flexibility index (Phi) is 6.38. The molecule has 1 aromatic carbocycles. The topological polar surface area (TPSA) is 74.2 Å². The number of benzene rings is 1. The maximum absolute atomic E-state index is 12.2. The normalized spacial score (nSPS) is 11.8. The Balaban J connectivity index is 1.99. The van der Waals surface area contributed by atoms with E-state index in [4.69, 9.17) is 16.7 Å². The number of nitrogens with one attached hydrogen (secondary N) is 2. The second-order valence-corrected chi connectivity index (χ2v) is 5.59. The van der Waals surface area contributed by atoms with Crippen molar-refractivity contribution < 1.29 is 9.90 Å². The molecule has 0 aliphatic rings. The van der Waals surface area contributed by atoms with Gasteiger partial charge in [-0.3, -0.25) is 4.79 Å². The number of aromatic nitrogens is 1. The maximum Gasteiger partial charge on any atom is 0.257 e. The van der Waals surface area contributed by atoms with E-state index in [-0.39, 0.29) is 18.6 Å². The number of amides is 1. The predicted octanol–water partition coefficient (Wildman–Crippen LogP) is 3.56. The number of nitrogens with zero attached hydrogens (tertiary/aromatic N) is 1. The van der Waals surface area contributed by atoms with E-state index in [0.717, 1.165) is 6.42 Å². The van der Waals surface area contributed by atoms with Crippen molar-refractivity contribution in [2.24, 2.45) is 0 Å². The number of hydrogen-bond donors (Lipinski definition) is 3. The molecule has 2 rings (SSSR count). The molecule has 0 spiro atoms. The fourth-order valence-corrected chi connectivity index (χ4v) is 2.32. The fraction of sp³-hybridized carbons (Fsp3) is 0.294. The molecule has 0 aliphatic heterocycles. The molecule has 0 fully saturated rings. The molecule has 0 saturated heterocycles. The van der Waals surface area contributed by atoms with Crippen LogP contribution in [0.2, 0.25) is 5.02 Å². The lowest BCUT2D eigenvalue weighted by Gasteiger charge is -2.16. The number of carbonyl (C=O) groups is 1. The molecule has 1 heterocycles. The minimum Gasteiger partial charge on any atom is -0.396 e. The minimum atomic E-state index is -0.242. The molecular weight excluding hydrogens is 314 g/mol. The van der Waals surface area contributed by atoms with Gasteiger partial charge in [0.1, 0.15) is 5.82 Å². The van der Waals surface area contributed by atoms with Crippen LogP contribution in [0.15, 0.2) is 42.6 Å². The van der Waals surface area contributed by atoms with Gasteiger partial charge in [-0.15, -0.1) is 0 Å². The van der Waals surface area contributed by atoms with E-state index in [2.05, 4.69) is 15.6 Å². The summed E-state index contributed by atoms with van der Waals surface area (Å²) in [5, 5.41) is 15.6. The third-order valence-electron chi connectivity index (χ3n) is 3.43. The van der Waals surface area contributed by atoms with Crippen LogP contribution in [0.3, 0.4) is 0 Å². The lowest BCUT2D eigenvalue weighted by Crippen LogP contribution is -2.20. The molecule has 0 bridgehead atoms. The number of rotatable bonds is 7. The minimum absolute atomic E-state index is 0.131. The summed E-state index contributed by atoms with van der Waals surface area (Å²) in [5.74, 6) is 0.443. The van der Waals surface area contributed by atoms with E-state index in [9.17, 15) is 4.79 Å². The van der Waals surface area contributed by atoms with Crippen molar-refractivity contribution in [2.75, 3.05) is 17.2 Å². The maximum atomic E-state index is 12.2. The van der Waals surface area contributed by atoms with Crippen LogP contribution in [-0.2, 0) is 0 Å². The van der Waals surface area contributed by atoms with E-state index in [1.54, 1.807) is 36.4 Å². The zero-order valence-corrected chi connectivity index (χ0v) is 13.7. The second kappa shape index (κ2) is 8.50. The Hall–Kier alpha value is -2.11. The van der Waals surface area contributed by atoms with Gasteiger partial charge >= 0.3 is 0 Å². The average Bonchev–Trinajstić information content (AvgIpc) is 2.55. The molecule has 1 atom stereocenters. The highest BCUT2D eigenvalue weighted by atomic mass is 35.5. The van der Waals surface area contributed by atoms with Gasteiger partial charge in [0.2, 0.25) is 0 Å². The summed E-state index contributed by atoms with van der Waals surface area (Å²) in [6, 6.07) is 10.6. The molecule has 0 radical (unpaired) electrons. The van der Waals surface area contributed by atoms with Crippen molar-refractivity contribution >= 4 is 29.0 Å². The Labute approximate surface area is 140 Å². The van der Waals surface area contributed by atoms with Gasteiger partial charge in [-0.25, -0.2) is 4.98 Å². The third kappa shape index (κ3) is 5.23. The van der Waals surface area contributed by atoms with E-state index >= 15 is 0 Å². The fourth-order valence-electron chi connectivity index (χ4n) is 2.13. The van der Waals surface area contributed by atoms with E-state index in [1.165, 1.54) is 6.20 Å². The molecule has 0 saturated carbocycles. The monoisotopic (exact) mass is 333 g/mol. The van der Waals surface area contributed by atoms with Gasteiger partial charge in [0, 0.05) is 29.6 Å². The van der Waals surface area contributed by atoms with Crippen molar-refractivity contribution in [3.63, 3.8) is 0 Å². The first-order valence-electron chi connectivity index (χ1n) is 7.52. The van der Waals surface area contributed by atoms with Crippen LogP contribution in [0, 0.1) is 0 Å². The molecule has 1 aromatic heterocycles. The molecule has 5 nitrogen and oxygen atoms in total. The molecule has 1 unspecified atom stereocenters. The molecule has 3 N–H and O–H groups in total. The standard InChI is InChI=1S/C17H20ClN3O2/c1-2-14(8-9-22)20-16-7-6-12(11-19-16)17(23)21-15-5-3-4-13(18)10-15/h3-7,10-11,14,22H,2,8-9H2,1H3,(H,19,20)(H,21,23). The van der Waals surface area contributed by atoms with Crippen molar-refractivity contribution in [1.82, 2.24) is 4.98 Å². The number of pyridine rings is 1. The third-order valence-corrected chi connectivity index (χ3v) is 3.67. The molecule has 6 heteroatoms. The summed E-state index contributed by atoms with van der Waals surface area (Å²) in [7, 11) is 0. The van der Waals surface area contributed by atoms with Gasteiger partial charge < -0.3 is 15.7 Å². The Morgan fingerprint density at radius 2 is 2.17 bits per heavy atom. The molecule has 1 amide bonds. The number of anilines is 2. The summed E-state index contributed by atoms with van der Waals surface area (Å²) >= 11 is 5.89. The van der Waals surface area contributed by atoms with Gasteiger partial charge in [-0.1, -0.05) is 24.6 Å². The van der Waals surface area contributed by atoms with Crippen molar-refractivity contribution in [1.29, 1.82) is 0 Å². The lowest BCUT2D eigenvalue weighted by atomic mass is 10.1. The number of aliphatic hydroxyl groups excluding tert-OH is 1. The Morgan fingerprint density at radius 3 is 2.78 bits per heavy atom. The summed E-state index contributed by atoms with van der Waals surface area (Å²) < 4.78 is 0. The van der Waals surface area contributed by atoms with Crippen LogP contribution in [0.5, 0.6) is 0 Å². The van der Waals surface area contributed by atoms with E-state index < -0.39 is 0 Å². The van der Waals surface area contributed by atoms with Crippen LogP contribution >= 0.6 is 11.6 Å². The van der Waals surface area contributed by atoms with Crippen LogP contribution in [0.25, 0.3) is 0 Å². The SMILES string of the molecule is CCC(CCO)Nc1ccc(C(=O)Nc2cccc(Cl)c2)cn1. The van der Waals surface area contributed by atoms with Crippen molar-refractivity contribution in [3.8, 4) is 0 Å². The highest BCUT2D eigenvalue weighted by molar-refractivity contribution is 6.30. The Morgan fingerprint density at radius 1 is 1.35 bits per heavy atom. The van der Waals surface area contributed by atoms with Crippen LogP contribution in [-0.4, -0.2) is 28.6 Å². The van der Waals surface area contributed by atoms with Crippen LogP contribution in [0.1, 0.15) is 30.1 Å². The molecular formula is C17H20ClN3O2. The first-order valence-corrected chi connectivity index (χ1v) is 7.90. The molecule has 122 valence electrons. The molecule has 0 aliphatic carbocycles. The summed E-state index contributed by atoms with van der Waals surface area (Å²) in [5.41, 5.74) is 1.10.